The Bertz CT molecular complexity index is 479. The smallest absolute Gasteiger partial charge is 0.239 e. The fraction of sp³-hybridized carbons (Fsp3) is 0.471. The van der Waals surface area contributed by atoms with E-state index in [4.69, 9.17) is 5.73 Å². The molecule has 1 aromatic rings. The zero-order valence-corrected chi connectivity index (χ0v) is 12.4. The molecule has 0 bridgehead atoms. The Kier molecular flexibility index (Phi) is 4.96. The van der Waals surface area contributed by atoms with Gasteiger partial charge in [0.1, 0.15) is 0 Å². The normalized spacial score (nSPS) is 17.0. The third-order valence-electron chi connectivity index (χ3n) is 3.71. The molecule has 2 rings (SSSR count). The van der Waals surface area contributed by atoms with Gasteiger partial charge in [-0.25, -0.2) is 0 Å². The van der Waals surface area contributed by atoms with E-state index in [0.717, 1.165) is 19.4 Å². The molecule has 0 aromatic heterocycles. The molecule has 3 nitrogen and oxygen atoms in total. The summed E-state index contributed by atoms with van der Waals surface area (Å²) in [5, 5.41) is 0. The lowest BCUT2D eigenvalue weighted by molar-refractivity contribution is -0.132. The first-order chi connectivity index (χ1) is 9.58. The average molecular weight is 272 g/mol. The first-order valence-electron chi connectivity index (χ1n) is 7.36. The summed E-state index contributed by atoms with van der Waals surface area (Å²) >= 11 is 0. The van der Waals surface area contributed by atoms with Crippen LogP contribution in [0.25, 0.3) is 5.57 Å². The molecule has 1 atom stereocenters. The molecule has 0 spiro atoms. The summed E-state index contributed by atoms with van der Waals surface area (Å²) in [5.74, 6) is 0.538. The number of carbonyl (C=O) groups excluding carboxylic acids is 1. The summed E-state index contributed by atoms with van der Waals surface area (Å²) in [7, 11) is 0. The van der Waals surface area contributed by atoms with E-state index in [1.807, 2.05) is 23.1 Å². The highest BCUT2D eigenvalue weighted by molar-refractivity contribution is 5.83. The third-order valence-corrected chi connectivity index (χ3v) is 3.71. The zero-order valence-electron chi connectivity index (χ0n) is 12.4. The summed E-state index contributed by atoms with van der Waals surface area (Å²) in [5.41, 5.74) is 8.56. The first kappa shape index (κ1) is 14.8. The SMILES string of the molecule is CC(C)CC(N)C(=O)N1CC=C(c2ccccc2)CC1. The van der Waals surface area contributed by atoms with Crippen molar-refractivity contribution in [1.29, 1.82) is 0 Å². The largest absolute Gasteiger partial charge is 0.337 e. The van der Waals surface area contributed by atoms with Crippen molar-refractivity contribution in [1.82, 2.24) is 4.90 Å². The number of carbonyl (C=O) groups is 1. The van der Waals surface area contributed by atoms with Crippen molar-refractivity contribution in [3.05, 3.63) is 42.0 Å². The number of amides is 1. The topological polar surface area (TPSA) is 46.3 Å². The monoisotopic (exact) mass is 272 g/mol. The third kappa shape index (κ3) is 3.70. The molecule has 0 saturated heterocycles. The Morgan fingerprint density at radius 3 is 2.55 bits per heavy atom. The number of nitrogens with zero attached hydrogens (tertiary/aromatic N) is 1. The number of hydrogen-bond donors (Lipinski definition) is 1. The standard InChI is InChI=1S/C17H24N2O/c1-13(2)12-16(18)17(20)19-10-8-15(9-11-19)14-6-4-3-5-7-14/h3-8,13,16H,9-12,18H2,1-2H3. The average Bonchev–Trinajstić information content (AvgIpc) is 2.47. The molecule has 2 N–H and O–H groups in total. The second-order valence-electron chi connectivity index (χ2n) is 5.87. The molecule has 1 aliphatic rings. The summed E-state index contributed by atoms with van der Waals surface area (Å²) in [4.78, 5) is 14.1. The van der Waals surface area contributed by atoms with Crippen LogP contribution in [0.3, 0.4) is 0 Å². The van der Waals surface area contributed by atoms with E-state index in [-0.39, 0.29) is 11.9 Å². The molecular weight excluding hydrogens is 248 g/mol. The molecule has 108 valence electrons. The molecule has 0 aliphatic carbocycles. The van der Waals surface area contributed by atoms with Gasteiger partial charge in [0.2, 0.25) is 5.91 Å². The van der Waals surface area contributed by atoms with Crippen LogP contribution in [0.2, 0.25) is 0 Å². The second-order valence-corrected chi connectivity index (χ2v) is 5.87. The van der Waals surface area contributed by atoms with Crippen LogP contribution in [0, 0.1) is 5.92 Å². The molecule has 1 heterocycles. The van der Waals surface area contributed by atoms with Gasteiger partial charge in [0.25, 0.3) is 0 Å². The van der Waals surface area contributed by atoms with Crippen molar-refractivity contribution in [2.75, 3.05) is 13.1 Å². The number of rotatable bonds is 4. The maximum atomic E-state index is 12.2. The fourth-order valence-corrected chi connectivity index (χ4v) is 2.63. The lowest BCUT2D eigenvalue weighted by atomic mass is 9.98. The highest BCUT2D eigenvalue weighted by Crippen LogP contribution is 2.22. The minimum Gasteiger partial charge on any atom is -0.337 e. The van der Waals surface area contributed by atoms with Crippen LogP contribution in [0.15, 0.2) is 36.4 Å². The Balaban J connectivity index is 1.96. The molecule has 1 amide bonds. The summed E-state index contributed by atoms with van der Waals surface area (Å²) < 4.78 is 0. The van der Waals surface area contributed by atoms with Crippen LogP contribution in [-0.4, -0.2) is 29.9 Å². The van der Waals surface area contributed by atoms with Crippen LogP contribution in [-0.2, 0) is 4.79 Å². The molecule has 1 unspecified atom stereocenters. The second kappa shape index (κ2) is 6.71. The quantitative estimate of drug-likeness (QED) is 0.916. The van der Waals surface area contributed by atoms with Crippen LogP contribution in [0.1, 0.15) is 32.3 Å². The molecule has 0 saturated carbocycles. The van der Waals surface area contributed by atoms with Gasteiger partial charge < -0.3 is 10.6 Å². The molecule has 1 aromatic carbocycles. The lowest BCUT2D eigenvalue weighted by Crippen LogP contribution is -2.45. The van der Waals surface area contributed by atoms with Gasteiger partial charge in [0.15, 0.2) is 0 Å². The van der Waals surface area contributed by atoms with Gasteiger partial charge in [-0.05, 0) is 29.9 Å². The van der Waals surface area contributed by atoms with E-state index < -0.39 is 0 Å². The highest BCUT2D eigenvalue weighted by Gasteiger charge is 2.23. The van der Waals surface area contributed by atoms with Crippen molar-refractivity contribution >= 4 is 11.5 Å². The van der Waals surface area contributed by atoms with Crippen LogP contribution in [0.5, 0.6) is 0 Å². The fourth-order valence-electron chi connectivity index (χ4n) is 2.63. The van der Waals surface area contributed by atoms with Gasteiger partial charge in [-0.1, -0.05) is 50.3 Å². The van der Waals surface area contributed by atoms with Gasteiger partial charge in [0, 0.05) is 13.1 Å². The highest BCUT2D eigenvalue weighted by atomic mass is 16.2. The minimum atomic E-state index is -0.360. The maximum Gasteiger partial charge on any atom is 0.239 e. The first-order valence-corrected chi connectivity index (χ1v) is 7.36. The lowest BCUT2D eigenvalue weighted by Gasteiger charge is -2.29. The predicted molar refractivity (Wildman–Crippen MR) is 83.0 cm³/mol. The molecule has 20 heavy (non-hydrogen) atoms. The Hall–Kier alpha value is -1.61. The van der Waals surface area contributed by atoms with Crippen molar-refractivity contribution in [2.45, 2.75) is 32.7 Å². The molecule has 1 aliphatic heterocycles. The van der Waals surface area contributed by atoms with E-state index in [1.165, 1.54) is 11.1 Å². The van der Waals surface area contributed by atoms with E-state index in [0.29, 0.717) is 12.5 Å². The van der Waals surface area contributed by atoms with Crippen LogP contribution in [0.4, 0.5) is 0 Å². The summed E-state index contributed by atoms with van der Waals surface area (Å²) in [6.45, 7) is 5.63. The number of hydrogen-bond acceptors (Lipinski definition) is 2. The molecular formula is C17H24N2O. The van der Waals surface area contributed by atoms with Gasteiger partial charge in [0.05, 0.1) is 6.04 Å². The minimum absolute atomic E-state index is 0.0852. The molecule has 0 fully saturated rings. The van der Waals surface area contributed by atoms with Gasteiger partial charge in [-0.15, -0.1) is 0 Å². The van der Waals surface area contributed by atoms with Gasteiger partial charge in [-0.2, -0.15) is 0 Å². The molecule has 3 heteroatoms. The van der Waals surface area contributed by atoms with E-state index >= 15 is 0 Å². The Morgan fingerprint density at radius 1 is 1.30 bits per heavy atom. The summed E-state index contributed by atoms with van der Waals surface area (Å²) in [6, 6.07) is 10.00. The van der Waals surface area contributed by atoms with Gasteiger partial charge >= 0.3 is 0 Å². The van der Waals surface area contributed by atoms with Crippen molar-refractivity contribution in [2.24, 2.45) is 11.7 Å². The van der Waals surface area contributed by atoms with Crippen molar-refractivity contribution in [3.8, 4) is 0 Å². The maximum absolute atomic E-state index is 12.2. The molecule has 0 radical (unpaired) electrons. The van der Waals surface area contributed by atoms with Crippen LogP contribution >= 0.6 is 0 Å². The number of benzene rings is 1. The summed E-state index contributed by atoms with van der Waals surface area (Å²) in [6.07, 6.45) is 3.81. The Morgan fingerprint density at radius 2 is 2.00 bits per heavy atom. The predicted octanol–water partition coefficient (Wildman–Crippen LogP) is 2.68. The van der Waals surface area contributed by atoms with Crippen LogP contribution < -0.4 is 5.73 Å². The van der Waals surface area contributed by atoms with Gasteiger partial charge in [-0.3, -0.25) is 4.79 Å². The number of nitrogens with two attached hydrogens (primary N) is 1. The van der Waals surface area contributed by atoms with Crippen molar-refractivity contribution in [3.63, 3.8) is 0 Å². The van der Waals surface area contributed by atoms with E-state index in [2.05, 4.69) is 32.1 Å². The Labute approximate surface area is 121 Å². The van der Waals surface area contributed by atoms with E-state index in [1.54, 1.807) is 0 Å². The van der Waals surface area contributed by atoms with Crippen molar-refractivity contribution < 1.29 is 4.79 Å². The van der Waals surface area contributed by atoms with E-state index in [9.17, 15) is 4.79 Å². The zero-order chi connectivity index (χ0) is 14.5.